The van der Waals surface area contributed by atoms with Crippen molar-refractivity contribution in [2.24, 2.45) is 5.73 Å². The Morgan fingerprint density at radius 1 is 1.07 bits per heavy atom. The van der Waals surface area contributed by atoms with Crippen LogP contribution in [0, 0.1) is 0 Å². The number of hydrogen-bond donors (Lipinski definition) is 2. The summed E-state index contributed by atoms with van der Waals surface area (Å²) in [6.07, 6.45) is 0.719. The van der Waals surface area contributed by atoms with E-state index in [0.29, 0.717) is 12.3 Å². The summed E-state index contributed by atoms with van der Waals surface area (Å²) in [7, 11) is 0. The maximum Gasteiger partial charge on any atom is 0.119 e. The molecule has 0 atom stereocenters. The van der Waals surface area contributed by atoms with E-state index in [4.69, 9.17) is 5.73 Å². The minimum Gasteiger partial charge on any atom is -0.508 e. The fourth-order valence-corrected chi connectivity index (χ4v) is 1.63. The van der Waals surface area contributed by atoms with Crippen LogP contribution in [0.25, 0.3) is 10.8 Å². The first-order chi connectivity index (χ1) is 6.81. The maximum absolute atomic E-state index is 9.68. The van der Waals surface area contributed by atoms with Gasteiger partial charge in [-0.15, -0.1) is 0 Å². The first-order valence-corrected chi connectivity index (χ1v) is 4.72. The fourth-order valence-electron chi connectivity index (χ4n) is 1.63. The van der Waals surface area contributed by atoms with Gasteiger partial charge in [-0.2, -0.15) is 0 Å². The van der Waals surface area contributed by atoms with Gasteiger partial charge in [-0.1, -0.05) is 24.3 Å². The molecule has 0 radical (unpaired) electrons. The third-order valence-electron chi connectivity index (χ3n) is 2.36. The third kappa shape index (κ3) is 1.56. The van der Waals surface area contributed by atoms with E-state index in [1.54, 1.807) is 6.07 Å². The van der Waals surface area contributed by atoms with Gasteiger partial charge in [0.05, 0.1) is 0 Å². The van der Waals surface area contributed by atoms with Crippen LogP contribution in [0.5, 0.6) is 5.75 Å². The molecule has 72 valence electrons. The van der Waals surface area contributed by atoms with Crippen molar-refractivity contribution >= 4 is 10.8 Å². The van der Waals surface area contributed by atoms with Crippen LogP contribution in [0.15, 0.2) is 36.4 Å². The lowest BCUT2D eigenvalue weighted by Gasteiger charge is -2.05. The zero-order chi connectivity index (χ0) is 9.97. The van der Waals surface area contributed by atoms with Gasteiger partial charge in [-0.25, -0.2) is 0 Å². The van der Waals surface area contributed by atoms with E-state index in [9.17, 15) is 5.11 Å². The van der Waals surface area contributed by atoms with Crippen LogP contribution in [0.3, 0.4) is 0 Å². The lowest BCUT2D eigenvalue weighted by molar-refractivity contribution is 0.469. The van der Waals surface area contributed by atoms with Gasteiger partial charge in [0.15, 0.2) is 0 Å². The summed E-state index contributed by atoms with van der Waals surface area (Å²) in [5.41, 5.74) is 6.38. The summed E-state index contributed by atoms with van der Waals surface area (Å²) < 4.78 is 0. The second-order valence-electron chi connectivity index (χ2n) is 3.37. The van der Waals surface area contributed by atoms with E-state index in [-0.39, 0.29) is 0 Å². The monoisotopic (exact) mass is 187 g/mol. The molecule has 2 rings (SSSR count). The second kappa shape index (κ2) is 3.68. The van der Waals surface area contributed by atoms with Crippen molar-refractivity contribution in [3.63, 3.8) is 0 Å². The molecule has 0 aromatic heterocycles. The van der Waals surface area contributed by atoms with Crippen LogP contribution in [0.1, 0.15) is 5.56 Å². The molecule has 0 aliphatic carbocycles. The standard InChI is InChI=1S/C12H13NO/c13-6-5-11-7-9-3-1-2-4-10(9)8-12(11)14/h1-4,7-8,14H,5-6,13H2. The van der Waals surface area contributed by atoms with Gasteiger partial charge in [0.2, 0.25) is 0 Å². The first kappa shape index (κ1) is 9.03. The topological polar surface area (TPSA) is 46.2 Å². The number of fused-ring (bicyclic) bond motifs is 1. The third-order valence-corrected chi connectivity index (χ3v) is 2.36. The minimum absolute atomic E-state index is 0.342. The van der Waals surface area contributed by atoms with Crippen molar-refractivity contribution in [2.75, 3.05) is 6.54 Å². The highest BCUT2D eigenvalue weighted by atomic mass is 16.3. The van der Waals surface area contributed by atoms with E-state index in [1.807, 2.05) is 30.3 Å². The predicted octanol–water partition coefficient (Wildman–Crippen LogP) is 2.05. The maximum atomic E-state index is 9.68. The smallest absolute Gasteiger partial charge is 0.119 e. The molecule has 0 saturated carbocycles. The molecule has 0 amide bonds. The van der Waals surface area contributed by atoms with E-state index < -0.39 is 0 Å². The minimum atomic E-state index is 0.342. The van der Waals surface area contributed by atoms with Crippen molar-refractivity contribution < 1.29 is 5.11 Å². The predicted molar refractivity (Wildman–Crippen MR) is 58.4 cm³/mol. The molecule has 0 aliphatic rings. The Kier molecular flexibility index (Phi) is 2.37. The summed E-state index contributed by atoms with van der Waals surface area (Å²) in [5, 5.41) is 11.9. The Bertz CT molecular complexity index is 451. The van der Waals surface area contributed by atoms with E-state index in [2.05, 4.69) is 0 Å². The molecular weight excluding hydrogens is 174 g/mol. The van der Waals surface area contributed by atoms with Crippen LogP contribution < -0.4 is 5.73 Å². The molecule has 0 heterocycles. The largest absolute Gasteiger partial charge is 0.508 e. The zero-order valence-corrected chi connectivity index (χ0v) is 7.90. The molecule has 2 aromatic carbocycles. The van der Waals surface area contributed by atoms with Gasteiger partial charge in [0, 0.05) is 0 Å². The highest BCUT2D eigenvalue weighted by molar-refractivity contribution is 5.84. The first-order valence-electron chi connectivity index (χ1n) is 4.72. The van der Waals surface area contributed by atoms with Crippen LogP contribution in [0.4, 0.5) is 0 Å². The number of phenolic OH excluding ortho intramolecular Hbond substituents is 1. The molecule has 2 aromatic rings. The Morgan fingerprint density at radius 2 is 1.71 bits per heavy atom. The van der Waals surface area contributed by atoms with Gasteiger partial charge < -0.3 is 10.8 Å². The van der Waals surface area contributed by atoms with Crippen LogP contribution in [-0.2, 0) is 6.42 Å². The van der Waals surface area contributed by atoms with Crippen LogP contribution in [-0.4, -0.2) is 11.7 Å². The molecule has 0 unspecified atom stereocenters. The van der Waals surface area contributed by atoms with E-state index in [1.165, 1.54) is 0 Å². The quantitative estimate of drug-likeness (QED) is 0.755. The SMILES string of the molecule is NCCc1cc2ccccc2cc1O. The summed E-state index contributed by atoms with van der Waals surface area (Å²) in [6, 6.07) is 11.8. The lowest BCUT2D eigenvalue weighted by Crippen LogP contribution is -2.02. The molecule has 2 nitrogen and oxygen atoms in total. The molecule has 0 saturated heterocycles. The van der Waals surface area contributed by atoms with Crippen LogP contribution in [0.2, 0.25) is 0 Å². The Hall–Kier alpha value is -1.54. The van der Waals surface area contributed by atoms with Crippen molar-refractivity contribution in [3.8, 4) is 5.75 Å². The van der Waals surface area contributed by atoms with Gasteiger partial charge in [0.1, 0.15) is 5.75 Å². The van der Waals surface area contributed by atoms with Crippen molar-refractivity contribution in [1.82, 2.24) is 0 Å². The van der Waals surface area contributed by atoms with E-state index in [0.717, 1.165) is 22.8 Å². The van der Waals surface area contributed by atoms with Crippen molar-refractivity contribution in [2.45, 2.75) is 6.42 Å². The highest BCUT2D eigenvalue weighted by Gasteiger charge is 2.02. The molecule has 0 aliphatic heterocycles. The molecule has 0 bridgehead atoms. The number of rotatable bonds is 2. The molecule has 14 heavy (non-hydrogen) atoms. The number of nitrogens with two attached hydrogens (primary N) is 1. The van der Waals surface area contributed by atoms with E-state index >= 15 is 0 Å². The summed E-state index contributed by atoms with van der Waals surface area (Å²) in [4.78, 5) is 0. The average molecular weight is 187 g/mol. The van der Waals surface area contributed by atoms with Crippen molar-refractivity contribution in [3.05, 3.63) is 42.0 Å². The van der Waals surface area contributed by atoms with Gasteiger partial charge >= 0.3 is 0 Å². The highest BCUT2D eigenvalue weighted by Crippen LogP contribution is 2.24. The Morgan fingerprint density at radius 3 is 2.36 bits per heavy atom. The lowest BCUT2D eigenvalue weighted by atomic mass is 10.0. The zero-order valence-electron chi connectivity index (χ0n) is 7.90. The Labute approximate surface area is 83.0 Å². The fraction of sp³-hybridized carbons (Fsp3) is 0.167. The number of phenols is 1. The summed E-state index contributed by atoms with van der Waals surface area (Å²) in [5.74, 6) is 0.342. The molecule has 2 heteroatoms. The second-order valence-corrected chi connectivity index (χ2v) is 3.37. The molecule has 0 fully saturated rings. The molecule has 0 spiro atoms. The molecule has 3 N–H and O–H groups in total. The van der Waals surface area contributed by atoms with Gasteiger partial charge in [-0.3, -0.25) is 0 Å². The number of aromatic hydroxyl groups is 1. The van der Waals surface area contributed by atoms with Gasteiger partial charge in [-0.05, 0) is 41.4 Å². The summed E-state index contributed by atoms with van der Waals surface area (Å²) in [6.45, 7) is 0.561. The normalized spacial score (nSPS) is 10.6. The van der Waals surface area contributed by atoms with Crippen LogP contribution >= 0.6 is 0 Å². The average Bonchev–Trinajstić information content (AvgIpc) is 2.19. The Balaban J connectivity index is 2.59. The van der Waals surface area contributed by atoms with Gasteiger partial charge in [0.25, 0.3) is 0 Å². The summed E-state index contributed by atoms with van der Waals surface area (Å²) >= 11 is 0. The van der Waals surface area contributed by atoms with Crippen molar-refractivity contribution in [1.29, 1.82) is 0 Å². The number of benzene rings is 2. The molecular formula is C12H13NO. The number of hydrogen-bond acceptors (Lipinski definition) is 2.